The zero-order chi connectivity index (χ0) is 21.5. The molecular weight excluding hydrogens is 421 g/mol. The van der Waals surface area contributed by atoms with Crippen LogP contribution in [0.3, 0.4) is 0 Å². The Bertz CT molecular complexity index is 879. The summed E-state index contributed by atoms with van der Waals surface area (Å²) in [4.78, 5) is 28.8. The van der Waals surface area contributed by atoms with Crippen LogP contribution in [0.1, 0.15) is 35.7 Å². The van der Waals surface area contributed by atoms with Crippen LogP contribution in [0.2, 0.25) is 10.0 Å². The SMILES string of the molecule is CCCC(=O)Nc1ccc(C(=O)N2CCN(CCc3ccc(Cl)cc3)CC2)c(Cl)c1. The quantitative estimate of drug-likeness (QED) is 0.666. The predicted octanol–water partition coefficient (Wildman–Crippen LogP) is 4.73. The van der Waals surface area contributed by atoms with E-state index in [-0.39, 0.29) is 11.8 Å². The molecule has 1 fully saturated rings. The summed E-state index contributed by atoms with van der Waals surface area (Å²) in [5.41, 5.74) is 2.34. The van der Waals surface area contributed by atoms with Gasteiger partial charge in [-0.25, -0.2) is 0 Å². The summed E-state index contributed by atoms with van der Waals surface area (Å²) < 4.78 is 0. The van der Waals surface area contributed by atoms with Gasteiger partial charge >= 0.3 is 0 Å². The van der Waals surface area contributed by atoms with E-state index < -0.39 is 0 Å². The van der Waals surface area contributed by atoms with Crippen LogP contribution < -0.4 is 5.32 Å². The summed E-state index contributed by atoms with van der Waals surface area (Å²) in [7, 11) is 0. The van der Waals surface area contributed by atoms with Crippen LogP contribution in [0.15, 0.2) is 42.5 Å². The fraction of sp³-hybridized carbons (Fsp3) is 0.391. The molecule has 1 aliphatic heterocycles. The second-order valence-electron chi connectivity index (χ2n) is 7.50. The molecule has 5 nitrogen and oxygen atoms in total. The van der Waals surface area contributed by atoms with Crippen LogP contribution >= 0.6 is 23.2 Å². The fourth-order valence-electron chi connectivity index (χ4n) is 3.50. The van der Waals surface area contributed by atoms with Crippen molar-refractivity contribution in [1.82, 2.24) is 9.80 Å². The minimum Gasteiger partial charge on any atom is -0.336 e. The van der Waals surface area contributed by atoms with E-state index in [1.54, 1.807) is 18.2 Å². The number of rotatable bonds is 7. The monoisotopic (exact) mass is 447 g/mol. The number of benzene rings is 2. The number of carbonyl (C=O) groups is 2. The third-order valence-corrected chi connectivity index (χ3v) is 5.81. The molecule has 2 aromatic carbocycles. The van der Waals surface area contributed by atoms with E-state index in [4.69, 9.17) is 23.2 Å². The minimum absolute atomic E-state index is 0.0534. The maximum absolute atomic E-state index is 12.9. The van der Waals surface area contributed by atoms with Gasteiger partial charge in [0, 0.05) is 49.9 Å². The first kappa shape index (κ1) is 22.6. The van der Waals surface area contributed by atoms with Crippen molar-refractivity contribution in [2.45, 2.75) is 26.2 Å². The number of amides is 2. The Labute approximate surface area is 187 Å². The Kier molecular flexibility index (Phi) is 8.14. The molecule has 160 valence electrons. The standard InChI is InChI=1S/C23H27Cl2N3O2/c1-2-3-22(29)26-19-8-9-20(21(25)16-19)23(30)28-14-12-27(13-15-28)11-10-17-4-6-18(24)7-5-17/h4-9,16H,2-3,10-15H2,1H3,(H,26,29). The average Bonchev–Trinajstić information content (AvgIpc) is 2.73. The van der Waals surface area contributed by atoms with Gasteiger partial charge in [-0.2, -0.15) is 0 Å². The van der Waals surface area contributed by atoms with Gasteiger partial charge < -0.3 is 10.2 Å². The second-order valence-corrected chi connectivity index (χ2v) is 8.35. The van der Waals surface area contributed by atoms with Crippen molar-refractivity contribution in [2.75, 3.05) is 38.0 Å². The number of nitrogens with zero attached hydrogens (tertiary/aromatic N) is 2. The smallest absolute Gasteiger partial charge is 0.255 e. The van der Waals surface area contributed by atoms with E-state index in [2.05, 4.69) is 22.3 Å². The zero-order valence-corrected chi connectivity index (χ0v) is 18.7. The molecule has 2 aromatic rings. The first-order valence-electron chi connectivity index (χ1n) is 10.3. The van der Waals surface area contributed by atoms with Gasteiger partial charge in [-0.05, 0) is 48.7 Å². The summed E-state index contributed by atoms with van der Waals surface area (Å²) in [6.07, 6.45) is 2.20. The topological polar surface area (TPSA) is 52.7 Å². The van der Waals surface area contributed by atoms with Crippen molar-refractivity contribution in [3.05, 3.63) is 63.6 Å². The van der Waals surface area contributed by atoms with Crippen molar-refractivity contribution in [2.24, 2.45) is 0 Å². The number of nitrogens with one attached hydrogen (secondary N) is 1. The van der Waals surface area contributed by atoms with Gasteiger partial charge in [0.2, 0.25) is 5.91 Å². The molecule has 0 spiro atoms. The summed E-state index contributed by atoms with van der Waals surface area (Å²) in [6.45, 7) is 5.92. The average molecular weight is 448 g/mol. The molecule has 0 saturated carbocycles. The molecule has 0 atom stereocenters. The first-order valence-corrected chi connectivity index (χ1v) is 11.1. The number of halogens is 2. The van der Waals surface area contributed by atoms with Crippen LogP contribution in [0, 0.1) is 0 Å². The lowest BCUT2D eigenvalue weighted by Crippen LogP contribution is -2.49. The van der Waals surface area contributed by atoms with E-state index in [0.717, 1.165) is 37.5 Å². The number of hydrogen-bond donors (Lipinski definition) is 1. The van der Waals surface area contributed by atoms with Gasteiger partial charge in [-0.1, -0.05) is 42.3 Å². The van der Waals surface area contributed by atoms with Crippen molar-refractivity contribution in [1.29, 1.82) is 0 Å². The van der Waals surface area contributed by atoms with E-state index in [9.17, 15) is 9.59 Å². The molecule has 7 heteroatoms. The summed E-state index contributed by atoms with van der Waals surface area (Å²) in [5, 5.41) is 3.91. The Hall–Kier alpha value is -2.08. The first-order chi connectivity index (χ1) is 14.5. The normalized spacial score (nSPS) is 14.6. The summed E-state index contributed by atoms with van der Waals surface area (Å²) >= 11 is 12.3. The maximum atomic E-state index is 12.9. The molecule has 0 radical (unpaired) electrons. The second kappa shape index (κ2) is 10.8. The van der Waals surface area contributed by atoms with E-state index in [1.807, 2.05) is 24.0 Å². The highest BCUT2D eigenvalue weighted by atomic mass is 35.5. The highest BCUT2D eigenvalue weighted by Gasteiger charge is 2.23. The molecule has 1 saturated heterocycles. The molecule has 3 rings (SSSR count). The van der Waals surface area contributed by atoms with Crippen LogP contribution in [-0.2, 0) is 11.2 Å². The highest BCUT2D eigenvalue weighted by Crippen LogP contribution is 2.23. The highest BCUT2D eigenvalue weighted by molar-refractivity contribution is 6.34. The van der Waals surface area contributed by atoms with Crippen molar-refractivity contribution >= 4 is 40.7 Å². The van der Waals surface area contributed by atoms with Gasteiger partial charge in [0.05, 0.1) is 10.6 Å². The molecule has 2 amide bonds. The maximum Gasteiger partial charge on any atom is 0.255 e. The third kappa shape index (κ3) is 6.21. The van der Waals surface area contributed by atoms with Crippen molar-refractivity contribution < 1.29 is 9.59 Å². The van der Waals surface area contributed by atoms with E-state index in [0.29, 0.717) is 35.8 Å². The van der Waals surface area contributed by atoms with Crippen LogP contribution in [0.25, 0.3) is 0 Å². The molecule has 0 bridgehead atoms. The van der Waals surface area contributed by atoms with Crippen LogP contribution in [0.5, 0.6) is 0 Å². The molecular formula is C23H27Cl2N3O2. The molecule has 30 heavy (non-hydrogen) atoms. The number of piperazine rings is 1. The van der Waals surface area contributed by atoms with Crippen molar-refractivity contribution in [3.8, 4) is 0 Å². The molecule has 1 aliphatic rings. The lowest BCUT2D eigenvalue weighted by molar-refractivity contribution is -0.116. The molecule has 1 N–H and O–H groups in total. The largest absolute Gasteiger partial charge is 0.336 e. The van der Waals surface area contributed by atoms with E-state index >= 15 is 0 Å². The Morgan fingerprint density at radius 1 is 1.00 bits per heavy atom. The molecule has 0 aromatic heterocycles. The third-order valence-electron chi connectivity index (χ3n) is 5.25. The molecule has 1 heterocycles. The van der Waals surface area contributed by atoms with E-state index in [1.165, 1.54) is 5.56 Å². The van der Waals surface area contributed by atoms with Crippen molar-refractivity contribution in [3.63, 3.8) is 0 Å². The lowest BCUT2D eigenvalue weighted by atomic mass is 10.1. The summed E-state index contributed by atoms with van der Waals surface area (Å²) in [6, 6.07) is 13.0. The number of anilines is 1. The lowest BCUT2D eigenvalue weighted by Gasteiger charge is -2.35. The zero-order valence-electron chi connectivity index (χ0n) is 17.2. The van der Waals surface area contributed by atoms with Gasteiger partial charge in [-0.15, -0.1) is 0 Å². The van der Waals surface area contributed by atoms with Gasteiger partial charge in [0.25, 0.3) is 5.91 Å². The van der Waals surface area contributed by atoms with Crippen LogP contribution in [-0.4, -0.2) is 54.3 Å². The summed E-state index contributed by atoms with van der Waals surface area (Å²) in [5.74, 6) is -0.119. The Morgan fingerprint density at radius 2 is 1.70 bits per heavy atom. The number of hydrogen-bond acceptors (Lipinski definition) is 3. The Morgan fingerprint density at radius 3 is 2.33 bits per heavy atom. The van der Waals surface area contributed by atoms with Gasteiger partial charge in [0.1, 0.15) is 0 Å². The van der Waals surface area contributed by atoms with Crippen LogP contribution in [0.4, 0.5) is 5.69 Å². The molecule has 0 aliphatic carbocycles. The van der Waals surface area contributed by atoms with Gasteiger partial charge in [0.15, 0.2) is 0 Å². The Balaban J connectivity index is 1.50. The molecule has 0 unspecified atom stereocenters. The fourth-order valence-corrected chi connectivity index (χ4v) is 3.89. The minimum atomic E-state index is -0.0659. The predicted molar refractivity (Wildman–Crippen MR) is 122 cm³/mol. The van der Waals surface area contributed by atoms with Gasteiger partial charge in [-0.3, -0.25) is 14.5 Å². The number of carbonyl (C=O) groups excluding carboxylic acids is 2.